The molecule has 2 nitrogen and oxygen atoms in total. The fourth-order valence-corrected chi connectivity index (χ4v) is 10.1. The molecule has 0 bridgehead atoms. The van der Waals surface area contributed by atoms with E-state index in [0.717, 1.165) is 11.0 Å². The molecule has 63 heavy (non-hydrogen) atoms. The van der Waals surface area contributed by atoms with Crippen molar-refractivity contribution in [3.05, 3.63) is 238 Å². The van der Waals surface area contributed by atoms with Gasteiger partial charge in [-0.2, -0.15) is 8.75 Å². The molecule has 0 radical (unpaired) electrons. The summed E-state index contributed by atoms with van der Waals surface area (Å²) in [6.07, 6.45) is 0. The number of fused-ring (bicyclic) bond motifs is 5. The average molecular weight is 833 g/mol. The molecule has 0 spiro atoms. The molecule has 1 heterocycles. The third-order valence-electron chi connectivity index (χ3n) is 13.1. The van der Waals surface area contributed by atoms with Crippen molar-refractivity contribution in [3.63, 3.8) is 0 Å². The molecule has 0 aliphatic heterocycles. The predicted molar refractivity (Wildman–Crippen MR) is 273 cm³/mol. The molecule has 0 atom stereocenters. The third-order valence-corrected chi connectivity index (χ3v) is 13.6. The number of hydrogen-bond donors (Lipinski definition) is 0. The molecule has 0 saturated heterocycles. The van der Waals surface area contributed by atoms with Gasteiger partial charge in [0.05, 0.1) is 11.7 Å². The SMILES string of the molecule is Cc1c2ccccc2c(-c2c3ccccc3c(C)c3ccccc23)c2ccccc12.Cc1ccc(C(C)(c2ccccc2)c2ccc(C)cc2)cc1.Cc1ccc(C)c2nsnc12. The van der Waals surface area contributed by atoms with Crippen molar-refractivity contribution < 1.29 is 0 Å². The van der Waals surface area contributed by atoms with Gasteiger partial charge in [-0.25, -0.2) is 0 Å². The van der Waals surface area contributed by atoms with E-state index in [-0.39, 0.29) is 5.41 Å². The minimum atomic E-state index is -0.136. The van der Waals surface area contributed by atoms with Crippen LogP contribution in [-0.2, 0) is 5.41 Å². The molecule has 1 aromatic heterocycles. The molecule has 0 aliphatic rings. The minimum Gasteiger partial charge on any atom is -0.173 e. The highest BCUT2D eigenvalue weighted by Crippen LogP contribution is 2.46. The first-order valence-corrected chi connectivity index (χ1v) is 22.6. The lowest BCUT2D eigenvalue weighted by atomic mass is 9.71. The van der Waals surface area contributed by atoms with Crippen LogP contribution in [0.25, 0.3) is 65.3 Å². The zero-order valence-electron chi connectivity index (χ0n) is 37.2. The second-order valence-corrected chi connectivity index (χ2v) is 17.6. The lowest BCUT2D eigenvalue weighted by Crippen LogP contribution is -2.25. The zero-order valence-corrected chi connectivity index (χ0v) is 38.0. The van der Waals surface area contributed by atoms with Crippen molar-refractivity contribution in [2.45, 2.75) is 53.9 Å². The van der Waals surface area contributed by atoms with Crippen molar-refractivity contribution in [1.29, 1.82) is 0 Å². The average Bonchev–Trinajstić information content (AvgIpc) is 3.84. The van der Waals surface area contributed by atoms with Gasteiger partial charge in [0.15, 0.2) is 0 Å². The molecule has 10 aromatic carbocycles. The number of nitrogens with zero attached hydrogens (tertiary/aromatic N) is 2. The van der Waals surface area contributed by atoms with Gasteiger partial charge in [0.2, 0.25) is 0 Å². The van der Waals surface area contributed by atoms with Crippen LogP contribution in [0.1, 0.15) is 57.0 Å². The minimum absolute atomic E-state index is 0.136. The van der Waals surface area contributed by atoms with Crippen molar-refractivity contribution in [1.82, 2.24) is 8.75 Å². The maximum Gasteiger partial charge on any atom is 0.107 e. The van der Waals surface area contributed by atoms with Crippen LogP contribution in [0.15, 0.2) is 188 Å². The first-order chi connectivity index (χ1) is 30.6. The fourth-order valence-electron chi connectivity index (χ4n) is 9.39. The van der Waals surface area contributed by atoms with Gasteiger partial charge in [-0.3, -0.25) is 0 Å². The van der Waals surface area contributed by atoms with Crippen LogP contribution in [0.5, 0.6) is 0 Å². The highest BCUT2D eigenvalue weighted by atomic mass is 32.1. The smallest absolute Gasteiger partial charge is 0.107 e. The van der Waals surface area contributed by atoms with Crippen LogP contribution in [0, 0.1) is 41.5 Å². The summed E-state index contributed by atoms with van der Waals surface area (Å²) in [6, 6.07) is 68.2. The lowest BCUT2D eigenvalue weighted by Gasteiger charge is -2.32. The van der Waals surface area contributed by atoms with E-state index < -0.39 is 0 Å². The first kappa shape index (κ1) is 41.4. The van der Waals surface area contributed by atoms with E-state index in [1.165, 1.54) is 116 Å². The first-order valence-electron chi connectivity index (χ1n) is 21.8. The molecule has 0 N–H and O–H groups in total. The summed E-state index contributed by atoms with van der Waals surface area (Å²) in [6.45, 7) is 15.2. The van der Waals surface area contributed by atoms with E-state index in [1.54, 1.807) is 0 Å². The maximum atomic E-state index is 4.21. The third kappa shape index (κ3) is 7.68. The largest absolute Gasteiger partial charge is 0.173 e. The standard InChI is InChI=1S/C30H22.C22H22.C8H8N2S/c1-19-21-11-3-7-15-25(21)29(26-16-8-4-12-22(19)26)30-27-17-9-5-13-23(27)20(2)24-14-6-10-18-28(24)30;1-17-9-13-20(14-10-17)22(3,19-7-5-4-6-8-19)21-15-11-18(2)12-16-21;1-5-3-4-6(2)8-7(5)9-11-10-8/h3-18H,1-2H3;4-16H,1-3H3;3-4H,1-2H3. The van der Waals surface area contributed by atoms with Gasteiger partial charge in [-0.15, -0.1) is 0 Å². The number of aryl methyl sites for hydroxylation is 6. The Morgan fingerprint density at radius 3 is 0.937 bits per heavy atom. The Morgan fingerprint density at radius 2 is 0.603 bits per heavy atom. The van der Waals surface area contributed by atoms with Gasteiger partial charge in [-0.1, -0.05) is 199 Å². The van der Waals surface area contributed by atoms with Gasteiger partial charge in [-0.05, 0) is 142 Å². The molecule has 0 fully saturated rings. The van der Waals surface area contributed by atoms with Gasteiger partial charge < -0.3 is 0 Å². The number of hydrogen-bond acceptors (Lipinski definition) is 3. The maximum absolute atomic E-state index is 4.21. The molecular weight excluding hydrogens is 781 g/mol. The van der Waals surface area contributed by atoms with Crippen molar-refractivity contribution >= 4 is 65.9 Å². The molecular formula is C60H52N2S. The van der Waals surface area contributed by atoms with E-state index in [9.17, 15) is 0 Å². The Bertz CT molecular complexity index is 3080. The normalized spacial score (nSPS) is 11.4. The van der Waals surface area contributed by atoms with E-state index in [1.807, 2.05) is 0 Å². The van der Waals surface area contributed by atoms with Crippen molar-refractivity contribution in [3.8, 4) is 11.1 Å². The molecule has 0 saturated carbocycles. The summed E-state index contributed by atoms with van der Waals surface area (Å²) in [7, 11) is 0. The highest BCUT2D eigenvalue weighted by molar-refractivity contribution is 7.00. The quantitative estimate of drug-likeness (QED) is 0.130. The second kappa shape index (κ2) is 17.4. The van der Waals surface area contributed by atoms with E-state index in [4.69, 9.17) is 0 Å². The number of rotatable bonds is 4. The van der Waals surface area contributed by atoms with Gasteiger partial charge >= 0.3 is 0 Å². The number of aromatic nitrogens is 2. The van der Waals surface area contributed by atoms with E-state index in [2.05, 4.69) is 245 Å². The molecule has 3 heteroatoms. The number of benzene rings is 10. The Kier molecular flexibility index (Phi) is 11.5. The summed E-state index contributed by atoms with van der Waals surface area (Å²) >= 11 is 1.28. The van der Waals surface area contributed by atoms with Crippen molar-refractivity contribution in [2.24, 2.45) is 0 Å². The Morgan fingerprint density at radius 1 is 0.317 bits per heavy atom. The van der Waals surface area contributed by atoms with Gasteiger partial charge in [0.25, 0.3) is 0 Å². The summed E-state index contributed by atoms with van der Waals surface area (Å²) in [5.41, 5.74) is 16.3. The van der Waals surface area contributed by atoms with Crippen LogP contribution in [0.3, 0.4) is 0 Å². The monoisotopic (exact) mass is 832 g/mol. The van der Waals surface area contributed by atoms with Crippen LogP contribution < -0.4 is 0 Å². The second-order valence-electron chi connectivity index (χ2n) is 17.1. The van der Waals surface area contributed by atoms with Gasteiger partial charge in [0, 0.05) is 5.41 Å². The molecule has 11 rings (SSSR count). The predicted octanol–water partition coefficient (Wildman–Crippen LogP) is 16.5. The molecule has 0 aliphatic carbocycles. The van der Waals surface area contributed by atoms with Crippen LogP contribution in [0.4, 0.5) is 0 Å². The fraction of sp³-hybridized carbons (Fsp3) is 0.133. The topological polar surface area (TPSA) is 25.8 Å². The van der Waals surface area contributed by atoms with Crippen molar-refractivity contribution in [2.75, 3.05) is 0 Å². The summed E-state index contributed by atoms with van der Waals surface area (Å²) < 4.78 is 8.42. The summed E-state index contributed by atoms with van der Waals surface area (Å²) in [5.74, 6) is 0. The zero-order chi connectivity index (χ0) is 43.7. The summed E-state index contributed by atoms with van der Waals surface area (Å²) in [4.78, 5) is 0. The molecule has 308 valence electrons. The molecule has 0 amide bonds. The summed E-state index contributed by atoms with van der Waals surface area (Å²) in [5, 5.41) is 10.6. The lowest BCUT2D eigenvalue weighted by molar-refractivity contribution is 0.692. The van der Waals surface area contributed by atoms with Gasteiger partial charge in [0.1, 0.15) is 11.0 Å². The van der Waals surface area contributed by atoms with Crippen LogP contribution >= 0.6 is 11.7 Å². The highest BCUT2D eigenvalue weighted by Gasteiger charge is 2.31. The van der Waals surface area contributed by atoms with E-state index >= 15 is 0 Å². The Labute approximate surface area is 375 Å². The van der Waals surface area contributed by atoms with Crippen LogP contribution in [-0.4, -0.2) is 8.75 Å². The Balaban J connectivity index is 0.000000133. The molecule has 11 aromatic rings. The Hall–Kier alpha value is -6.94. The van der Waals surface area contributed by atoms with Crippen LogP contribution in [0.2, 0.25) is 0 Å². The molecule has 0 unspecified atom stereocenters. The van der Waals surface area contributed by atoms with E-state index in [0.29, 0.717) is 0 Å².